The monoisotopic (exact) mass is 197 g/mol. The smallest absolute Gasteiger partial charge is 0.212 e. The van der Waals surface area contributed by atoms with E-state index < -0.39 is 50.5 Å². The summed E-state index contributed by atoms with van der Waals surface area (Å²) in [4.78, 5) is 0. The van der Waals surface area contributed by atoms with Crippen molar-refractivity contribution in [2.45, 2.75) is 5.70 Å². The van der Waals surface area contributed by atoms with Crippen LogP contribution in [0.4, 0.5) is 0 Å². The summed E-state index contributed by atoms with van der Waals surface area (Å²) < 4.78 is 73.7. The third-order valence-corrected chi connectivity index (χ3v) is 1.40. The molecule has 1 aromatic rings. The molecule has 0 aliphatic carbocycles. The molecule has 1 aromatic carbocycles. The molecular weight excluding hydrogens is 184 g/mol. The molecule has 1 rings (SSSR count). The summed E-state index contributed by atoms with van der Waals surface area (Å²) in [6, 6.07) is -4.26. The Hall–Kier alpha value is -0.540. The van der Waals surface area contributed by atoms with Gasteiger partial charge in [0.05, 0.1) is 12.6 Å². The Morgan fingerprint density at radius 2 is 2.00 bits per heavy atom. The highest BCUT2D eigenvalue weighted by atomic mass is 35.7. The molecule has 0 aliphatic heterocycles. The van der Waals surface area contributed by atoms with Crippen LogP contribution in [0, 0.1) is 0 Å². The van der Waals surface area contributed by atoms with Crippen LogP contribution in [0.25, 0.3) is 0 Å². The van der Waals surface area contributed by atoms with E-state index in [1.54, 1.807) is 0 Å². The molecule has 0 radical (unpaired) electrons. The molecule has 0 amide bonds. The van der Waals surface area contributed by atoms with E-state index in [1.807, 2.05) is 0 Å². The second-order valence-electron chi connectivity index (χ2n) is 1.54. The van der Waals surface area contributed by atoms with Gasteiger partial charge in [0.2, 0.25) is 9.05 Å². The Morgan fingerprint density at radius 3 is 2.45 bits per heavy atom. The van der Waals surface area contributed by atoms with Gasteiger partial charge in [0.1, 0.15) is 0 Å². The quantitative estimate of drug-likeness (QED) is 0.678. The standard InChI is InChI=1S/C7H7ClO2S/c8-11(9,10)6-7-4-2-1-3-5-7/h1-5H,6H2/i1D,2D,3D,4D,5D,6D2. The second kappa shape index (κ2) is 3.24. The summed E-state index contributed by atoms with van der Waals surface area (Å²) in [7, 11) is 0.0999. The van der Waals surface area contributed by atoms with Crippen LogP contribution in [-0.4, -0.2) is 8.42 Å². The number of hydrogen-bond acceptors (Lipinski definition) is 2. The lowest BCUT2D eigenvalue weighted by molar-refractivity contribution is 0.609. The largest absolute Gasteiger partial charge is 0.236 e. The first-order chi connectivity index (χ1) is 7.93. The van der Waals surface area contributed by atoms with Crippen LogP contribution in [0.15, 0.2) is 30.2 Å². The van der Waals surface area contributed by atoms with Crippen molar-refractivity contribution in [2.24, 2.45) is 0 Å². The van der Waals surface area contributed by atoms with Gasteiger partial charge in [-0.3, -0.25) is 0 Å². The van der Waals surface area contributed by atoms with Crippen molar-refractivity contribution in [2.75, 3.05) is 0 Å². The Kier molecular flexibility index (Phi) is 0.904. The van der Waals surface area contributed by atoms with E-state index in [9.17, 15) is 8.42 Å². The zero-order chi connectivity index (χ0) is 14.5. The van der Waals surface area contributed by atoms with Gasteiger partial charge in [-0.05, 0) is 5.56 Å². The zero-order valence-corrected chi connectivity index (χ0v) is 6.68. The van der Waals surface area contributed by atoms with Crippen molar-refractivity contribution in [1.29, 1.82) is 0 Å². The van der Waals surface area contributed by atoms with Crippen LogP contribution < -0.4 is 0 Å². The SMILES string of the molecule is [2H]c1c([2H])c([2H])c(C([2H])([2H])S(=O)(=O)Cl)c([2H])c1[2H]. The molecule has 2 nitrogen and oxygen atoms in total. The minimum atomic E-state index is -4.81. The molecule has 0 fully saturated rings. The van der Waals surface area contributed by atoms with Crippen LogP contribution in [-0.2, 0) is 14.8 Å². The first kappa shape index (κ1) is 3.07. The molecule has 0 saturated heterocycles. The Bertz CT molecular complexity index is 584. The zero-order valence-electron chi connectivity index (χ0n) is 12.1. The van der Waals surface area contributed by atoms with Crippen molar-refractivity contribution in [3.63, 3.8) is 0 Å². The average Bonchev–Trinajstić information content (AvgIpc) is 2.22. The van der Waals surface area contributed by atoms with Crippen LogP contribution in [0.1, 0.15) is 15.2 Å². The molecule has 0 spiro atoms. The lowest BCUT2D eigenvalue weighted by atomic mass is 10.2. The average molecular weight is 198 g/mol. The molecule has 0 aromatic heterocycles. The summed E-state index contributed by atoms with van der Waals surface area (Å²) in [6.45, 7) is 0. The summed E-state index contributed by atoms with van der Waals surface area (Å²) in [5.41, 5.74) is -4.27. The van der Waals surface area contributed by atoms with Crippen LogP contribution in [0.3, 0.4) is 0 Å². The highest BCUT2D eigenvalue weighted by Crippen LogP contribution is 2.08. The van der Waals surface area contributed by atoms with Gasteiger partial charge in [-0.15, -0.1) is 0 Å². The molecule has 11 heavy (non-hydrogen) atoms. The first-order valence-electron chi connectivity index (χ1n) is 5.94. The van der Waals surface area contributed by atoms with E-state index in [2.05, 4.69) is 0 Å². The Labute approximate surface area is 80.1 Å². The van der Waals surface area contributed by atoms with E-state index in [4.69, 9.17) is 20.3 Å². The molecule has 0 N–H and O–H groups in total. The minimum Gasteiger partial charge on any atom is -0.212 e. The molecule has 0 saturated carbocycles. The fraction of sp³-hybridized carbons (Fsp3) is 0.143. The highest BCUT2D eigenvalue weighted by molar-refractivity contribution is 8.13. The van der Waals surface area contributed by atoms with E-state index in [-0.39, 0.29) is 0 Å². The van der Waals surface area contributed by atoms with Gasteiger partial charge in [0.15, 0.2) is 0 Å². The number of hydrogen-bond donors (Lipinski definition) is 0. The van der Waals surface area contributed by atoms with E-state index >= 15 is 0 Å². The maximum absolute atomic E-state index is 11.1. The first-order valence-corrected chi connectivity index (χ1v) is 4.75. The lowest BCUT2D eigenvalue weighted by Gasteiger charge is -1.94. The normalized spacial score (nSPS) is 21.7. The molecule has 60 valence electrons. The van der Waals surface area contributed by atoms with E-state index in [0.29, 0.717) is 0 Å². The number of halogens is 1. The van der Waals surface area contributed by atoms with Crippen molar-refractivity contribution >= 4 is 19.7 Å². The van der Waals surface area contributed by atoms with Crippen molar-refractivity contribution in [3.05, 3.63) is 35.8 Å². The third kappa shape index (κ3) is 3.39. The summed E-state index contributed by atoms with van der Waals surface area (Å²) in [5, 5.41) is 0. The van der Waals surface area contributed by atoms with E-state index in [1.165, 1.54) is 0 Å². The molecule has 0 aliphatic rings. The summed E-state index contributed by atoms with van der Waals surface area (Å²) in [5.74, 6) is 0. The van der Waals surface area contributed by atoms with Gasteiger partial charge in [-0.25, -0.2) is 8.42 Å². The maximum atomic E-state index is 11.1. The van der Waals surface area contributed by atoms with Gasteiger partial charge in [-0.1, -0.05) is 30.2 Å². The van der Waals surface area contributed by atoms with Crippen molar-refractivity contribution in [1.82, 2.24) is 0 Å². The van der Waals surface area contributed by atoms with Gasteiger partial charge in [-0.2, -0.15) is 0 Å². The number of benzene rings is 1. The van der Waals surface area contributed by atoms with Crippen LogP contribution in [0.5, 0.6) is 0 Å². The van der Waals surface area contributed by atoms with Crippen molar-refractivity contribution in [3.8, 4) is 0 Å². The fourth-order valence-corrected chi connectivity index (χ4v) is 1.00. The Balaban J connectivity index is 3.84. The topological polar surface area (TPSA) is 34.1 Å². The maximum Gasteiger partial charge on any atom is 0.236 e. The van der Waals surface area contributed by atoms with Crippen LogP contribution in [0.2, 0.25) is 0 Å². The summed E-state index contributed by atoms with van der Waals surface area (Å²) >= 11 is 0. The van der Waals surface area contributed by atoms with Crippen LogP contribution >= 0.6 is 10.7 Å². The minimum absolute atomic E-state index is 0.739. The Morgan fingerprint density at radius 1 is 1.45 bits per heavy atom. The van der Waals surface area contributed by atoms with Gasteiger partial charge >= 0.3 is 0 Å². The molecule has 0 heterocycles. The summed E-state index contributed by atoms with van der Waals surface area (Å²) in [6.07, 6.45) is 0. The molecular formula is C7H7ClO2S. The molecule has 4 heteroatoms. The van der Waals surface area contributed by atoms with Gasteiger partial charge < -0.3 is 0 Å². The molecule has 0 unspecified atom stereocenters. The lowest BCUT2D eigenvalue weighted by Crippen LogP contribution is -1.93. The van der Waals surface area contributed by atoms with E-state index in [0.717, 1.165) is 0 Å². The predicted octanol–water partition coefficient (Wildman–Crippen LogP) is 1.76. The van der Waals surface area contributed by atoms with Crippen molar-refractivity contribution < 1.29 is 18.0 Å². The predicted molar refractivity (Wildman–Crippen MR) is 44.9 cm³/mol. The van der Waals surface area contributed by atoms with Gasteiger partial charge in [0.25, 0.3) is 0 Å². The second-order valence-corrected chi connectivity index (χ2v) is 3.84. The molecule has 0 atom stereocenters. The molecule has 0 bridgehead atoms. The third-order valence-electron chi connectivity index (χ3n) is 0.724. The fourth-order valence-electron chi connectivity index (χ4n) is 0.423. The highest BCUT2D eigenvalue weighted by Gasteiger charge is 2.04. The van der Waals surface area contributed by atoms with Gasteiger partial charge in [0, 0.05) is 13.4 Å². The number of rotatable bonds is 2.